The highest BCUT2D eigenvalue weighted by molar-refractivity contribution is 6.01. The Balaban J connectivity index is 1.78. The van der Waals surface area contributed by atoms with Gasteiger partial charge in [-0.2, -0.15) is 0 Å². The van der Waals surface area contributed by atoms with E-state index in [1.54, 1.807) is 6.92 Å². The number of hydrogen-bond acceptors (Lipinski definition) is 3. The summed E-state index contributed by atoms with van der Waals surface area (Å²) < 4.78 is 65.7. The van der Waals surface area contributed by atoms with E-state index in [-0.39, 0.29) is 23.1 Å². The van der Waals surface area contributed by atoms with E-state index < -0.39 is 53.7 Å². The minimum atomic E-state index is -2.80. The van der Waals surface area contributed by atoms with Crippen molar-refractivity contribution in [2.45, 2.75) is 19.8 Å². The van der Waals surface area contributed by atoms with Gasteiger partial charge in [0.2, 0.25) is 5.91 Å². The van der Waals surface area contributed by atoms with Crippen LogP contribution in [0, 0.1) is 17.5 Å². The van der Waals surface area contributed by atoms with Crippen LogP contribution in [0.1, 0.15) is 36.0 Å². The van der Waals surface area contributed by atoms with E-state index in [4.69, 9.17) is 0 Å². The Morgan fingerprint density at radius 3 is 2.55 bits per heavy atom. The maximum absolute atomic E-state index is 13.8. The quantitative estimate of drug-likeness (QED) is 0.422. The summed E-state index contributed by atoms with van der Waals surface area (Å²) in [6, 6.07) is 5.65. The lowest BCUT2D eigenvalue weighted by molar-refractivity contribution is -0.116. The molecule has 11 heteroatoms. The lowest BCUT2D eigenvalue weighted by Gasteiger charge is -2.22. The predicted molar refractivity (Wildman–Crippen MR) is 102 cm³/mol. The zero-order valence-electron chi connectivity index (χ0n) is 16.2. The first-order valence-electron chi connectivity index (χ1n) is 9.21. The van der Waals surface area contributed by atoms with Crippen LogP contribution in [0.2, 0.25) is 0 Å². The van der Waals surface area contributed by atoms with Gasteiger partial charge in [-0.1, -0.05) is 6.92 Å². The molecule has 0 atom stereocenters. The number of nitrogens with zero attached hydrogens (tertiary/aromatic N) is 2. The summed E-state index contributed by atoms with van der Waals surface area (Å²) in [7, 11) is 0. The highest BCUT2D eigenvalue weighted by Gasteiger charge is 2.21. The van der Waals surface area contributed by atoms with Crippen LogP contribution in [0.3, 0.4) is 0 Å². The molecule has 0 aliphatic carbocycles. The number of anilines is 1. The number of alkyl halides is 2. The van der Waals surface area contributed by atoms with Crippen molar-refractivity contribution in [2.75, 3.05) is 18.4 Å². The molecule has 3 aromatic rings. The molecule has 0 radical (unpaired) electrons. The van der Waals surface area contributed by atoms with Crippen LogP contribution < -0.4 is 5.32 Å². The Morgan fingerprint density at radius 1 is 1.13 bits per heavy atom. The molecule has 0 saturated carbocycles. The van der Waals surface area contributed by atoms with Crippen molar-refractivity contribution >= 4 is 28.5 Å². The summed E-state index contributed by atoms with van der Waals surface area (Å²) in [6.07, 6.45) is -2.32. The summed E-state index contributed by atoms with van der Waals surface area (Å²) in [5.41, 5.74) is 0.0368. The van der Waals surface area contributed by atoms with Crippen LogP contribution >= 0.6 is 0 Å². The predicted octanol–water partition coefficient (Wildman–Crippen LogP) is 4.41. The fraction of sp³-hybridized carbons (Fsp3) is 0.250. The van der Waals surface area contributed by atoms with Crippen LogP contribution in [0.4, 0.5) is 27.6 Å². The average molecular weight is 440 g/mol. The van der Waals surface area contributed by atoms with Crippen molar-refractivity contribution in [1.29, 1.82) is 0 Å². The number of carbonyl (C=O) groups is 2. The lowest BCUT2D eigenvalue weighted by atomic mass is 10.1. The average Bonchev–Trinajstić information content (AvgIpc) is 3.17. The molecule has 1 aromatic heterocycles. The van der Waals surface area contributed by atoms with Crippen LogP contribution in [0.15, 0.2) is 30.3 Å². The number of hydrogen-bond donors (Lipinski definition) is 2. The number of carbonyl (C=O) groups excluding carboxylic acids is 2. The summed E-state index contributed by atoms with van der Waals surface area (Å²) >= 11 is 0. The second kappa shape index (κ2) is 9.11. The van der Waals surface area contributed by atoms with Gasteiger partial charge in [-0.15, -0.1) is 0 Å². The van der Waals surface area contributed by atoms with Gasteiger partial charge in [-0.3, -0.25) is 9.59 Å². The maximum Gasteiger partial charge on any atom is 0.295 e. The molecule has 2 N–H and O–H groups in total. The molecular formula is C20H17F5N4O2. The number of amides is 2. The van der Waals surface area contributed by atoms with Crippen LogP contribution in [0.25, 0.3) is 11.0 Å². The third kappa shape index (κ3) is 4.81. The molecular weight excluding hydrogens is 423 g/mol. The molecule has 0 aliphatic rings. The van der Waals surface area contributed by atoms with E-state index in [2.05, 4.69) is 15.3 Å². The molecule has 0 spiro atoms. The van der Waals surface area contributed by atoms with Crippen molar-refractivity contribution < 1.29 is 31.5 Å². The van der Waals surface area contributed by atoms with Gasteiger partial charge in [0.1, 0.15) is 6.54 Å². The summed E-state index contributed by atoms with van der Waals surface area (Å²) in [4.78, 5) is 32.5. The summed E-state index contributed by atoms with van der Waals surface area (Å²) in [5, 5.41) is 2.10. The Bertz CT molecular complexity index is 1130. The van der Waals surface area contributed by atoms with Crippen molar-refractivity contribution in [3.63, 3.8) is 0 Å². The molecule has 0 saturated heterocycles. The minimum Gasteiger partial charge on any atom is -0.337 e. The van der Waals surface area contributed by atoms with Crippen molar-refractivity contribution in [1.82, 2.24) is 14.9 Å². The monoisotopic (exact) mass is 440 g/mol. The number of fused-ring (bicyclic) bond motifs is 1. The third-order valence-electron chi connectivity index (χ3n) is 4.38. The number of rotatable bonds is 7. The van der Waals surface area contributed by atoms with Crippen LogP contribution in [-0.4, -0.2) is 39.8 Å². The lowest BCUT2D eigenvalue weighted by Crippen LogP contribution is -2.38. The first-order chi connectivity index (χ1) is 14.7. The van der Waals surface area contributed by atoms with Crippen LogP contribution in [0.5, 0.6) is 0 Å². The van der Waals surface area contributed by atoms with Gasteiger partial charge in [0.25, 0.3) is 12.3 Å². The van der Waals surface area contributed by atoms with Gasteiger partial charge in [0.15, 0.2) is 23.3 Å². The zero-order valence-corrected chi connectivity index (χ0v) is 16.2. The second-order valence-corrected chi connectivity index (χ2v) is 6.65. The highest BCUT2D eigenvalue weighted by atomic mass is 19.3. The minimum absolute atomic E-state index is 0.122. The van der Waals surface area contributed by atoms with E-state index in [0.29, 0.717) is 12.5 Å². The van der Waals surface area contributed by atoms with Crippen molar-refractivity contribution in [3.05, 3.63) is 59.2 Å². The number of H-pyrrole nitrogens is 1. The molecule has 0 bridgehead atoms. The van der Waals surface area contributed by atoms with Crippen molar-refractivity contribution in [3.8, 4) is 0 Å². The topological polar surface area (TPSA) is 78.1 Å². The molecule has 0 fully saturated rings. The van der Waals surface area contributed by atoms with Gasteiger partial charge in [0.05, 0.1) is 16.7 Å². The van der Waals surface area contributed by atoms with Crippen LogP contribution in [-0.2, 0) is 4.79 Å². The van der Waals surface area contributed by atoms with E-state index >= 15 is 0 Å². The number of nitrogens with one attached hydrogen (secondary N) is 2. The van der Waals surface area contributed by atoms with E-state index in [0.717, 1.165) is 6.07 Å². The molecule has 164 valence electrons. The first kappa shape index (κ1) is 22.2. The van der Waals surface area contributed by atoms with Crippen molar-refractivity contribution in [2.24, 2.45) is 0 Å². The molecule has 1 heterocycles. The molecule has 31 heavy (non-hydrogen) atoms. The molecule has 2 amide bonds. The number of aromatic amines is 1. The number of imidazole rings is 1. The number of benzene rings is 2. The number of aromatic nitrogens is 2. The highest BCUT2D eigenvalue weighted by Crippen LogP contribution is 2.22. The van der Waals surface area contributed by atoms with Gasteiger partial charge in [-0.25, -0.2) is 26.9 Å². The summed E-state index contributed by atoms with van der Waals surface area (Å²) in [6.45, 7) is 1.43. The Hall–Kier alpha value is -3.50. The zero-order chi connectivity index (χ0) is 22.7. The van der Waals surface area contributed by atoms with E-state index in [1.165, 1.54) is 23.1 Å². The molecule has 3 rings (SSSR count). The third-order valence-corrected chi connectivity index (χ3v) is 4.38. The smallest absolute Gasteiger partial charge is 0.295 e. The molecule has 6 nitrogen and oxygen atoms in total. The SMILES string of the molecule is CCCN(CC(=O)Nc1ccc(F)c(F)c1F)C(=O)c1ccc2nc(C(F)F)[nH]c2c1. The maximum atomic E-state index is 13.8. The molecule has 2 aromatic carbocycles. The van der Waals surface area contributed by atoms with Gasteiger partial charge in [0, 0.05) is 12.1 Å². The van der Waals surface area contributed by atoms with Gasteiger partial charge < -0.3 is 15.2 Å². The standard InChI is InChI=1S/C20H17F5N4O2/c1-2-7-29(9-15(30)26-13-6-4-11(21)16(22)17(13)23)20(31)10-3-5-12-14(8-10)28-19(27-12)18(24)25/h3-6,8,18H,2,7,9H2,1H3,(H,26,30)(H,27,28). The number of halogens is 5. The summed E-state index contributed by atoms with van der Waals surface area (Å²) in [5.74, 6) is -6.61. The fourth-order valence-corrected chi connectivity index (χ4v) is 2.96. The Morgan fingerprint density at radius 2 is 1.87 bits per heavy atom. The largest absolute Gasteiger partial charge is 0.337 e. The Kier molecular flexibility index (Phi) is 6.52. The normalized spacial score (nSPS) is 11.2. The molecule has 0 unspecified atom stereocenters. The van der Waals surface area contributed by atoms with E-state index in [1.807, 2.05) is 0 Å². The first-order valence-corrected chi connectivity index (χ1v) is 9.21. The molecule has 0 aliphatic heterocycles. The van der Waals surface area contributed by atoms with Gasteiger partial charge >= 0.3 is 0 Å². The van der Waals surface area contributed by atoms with E-state index in [9.17, 15) is 31.5 Å². The fourth-order valence-electron chi connectivity index (χ4n) is 2.96. The van der Waals surface area contributed by atoms with Gasteiger partial charge in [-0.05, 0) is 36.8 Å². The second-order valence-electron chi connectivity index (χ2n) is 6.65. The Labute approximate surface area is 173 Å².